The third kappa shape index (κ3) is 2.69. The first-order valence-electron chi connectivity index (χ1n) is 6.74. The molecule has 6 heteroatoms. The summed E-state index contributed by atoms with van der Waals surface area (Å²) < 4.78 is 0. The molecular weight excluding hydrogens is 242 g/mol. The molecule has 1 aromatic rings. The first-order chi connectivity index (χ1) is 9.28. The summed E-state index contributed by atoms with van der Waals surface area (Å²) in [6, 6.07) is 4.21. The summed E-state index contributed by atoms with van der Waals surface area (Å²) in [7, 11) is 0. The van der Waals surface area contributed by atoms with Crippen molar-refractivity contribution < 1.29 is 4.79 Å². The van der Waals surface area contributed by atoms with Gasteiger partial charge in [0, 0.05) is 38.4 Å². The third-order valence-corrected chi connectivity index (χ3v) is 3.81. The van der Waals surface area contributed by atoms with Crippen LogP contribution in [0.1, 0.15) is 23.3 Å². The molecule has 0 aromatic carbocycles. The van der Waals surface area contributed by atoms with E-state index in [0.717, 1.165) is 32.2 Å². The van der Waals surface area contributed by atoms with Gasteiger partial charge in [-0.2, -0.15) is 0 Å². The number of anilines is 1. The average molecular weight is 261 g/mol. The molecule has 3 rings (SSSR count). The Kier molecular flexibility index (Phi) is 3.35. The van der Waals surface area contributed by atoms with Crippen molar-refractivity contribution in [3.05, 3.63) is 24.0 Å². The summed E-state index contributed by atoms with van der Waals surface area (Å²) in [5.41, 5.74) is 3.69. The van der Waals surface area contributed by atoms with E-state index in [-0.39, 0.29) is 5.91 Å². The Hall–Kier alpha value is -1.66. The fourth-order valence-corrected chi connectivity index (χ4v) is 2.53. The second kappa shape index (κ2) is 5.14. The van der Waals surface area contributed by atoms with Crippen molar-refractivity contribution >= 4 is 11.6 Å². The van der Waals surface area contributed by atoms with Crippen LogP contribution < -0.4 is 11.3 Å². The number of nitrogens with zero attached hydrogens (tertiary/aromatic N) is 3. The minimum absolute atomic E-state index is 0.00690. The minimum Gasteiger partial charge on any atom is -0.335 e. The second-order valence-electron chi connectivity index (χ2n) is 5.13. The van der Waals surface area contributed by atoms with Gasteiger partial charge in [-0.1, -0.05) is 0 Å². The van der Waals surface area contributed by atoms with Gasteiger partial charge in [-0.15, -0.1) is 0 Å². The zero-order chi connectivity index (χ0) is 13.2. The summed E-state index contributed by atoms with van der Waals surface area (Å²) in [5, 5.41) is 0. The summed E-state index contributed by atoms with van der Waals surface area (Å²) >= 11 is 0. The van der Waals surface area contributed by atoms with Crippen molar-refractivity contribution in [1.29, 1.82) is 0 Å². The molecule has 3 N–H and O–H groups in total. The van der Waals surface area contributed by atoms with Gasteiger partial charge in [0.1, 0.15) is 5.69 Å². The van der Waals surface area contributed by atoms with Crippen molar-refractivity contribution in [3.8, 4) is 0 Å². The summed E-state index contributed by atoms with van der Waals surface area (Å²) in [6.07, 6.45) is 4.24. The molecule has 6 nitrogen and oxygen atoms in total. The molecule has 1 aliphatic heterocycles. The Morgan fingerprint density at radius 1 is 1.32 bits per heavy atom. The first-order valence-corrected chi connectivity index (χ1v) is 6.74. The lowest BCUT2D eigenvalue weighted by atomic mass is 10.2. The number of hydrogen-bond acceptors (Lipinski definition) is 5. The van der Waals surface area contributed by atoms with Gasteiger partial charge in [-0.3, -0.25) is 20.5 Å². The molecule has 1 aliphatic carbocycles. The quantitative estimate of drug-likeness (QED) is 0.604. The van der Waals surface area contributed by atoms with Crippen molar-refractivity contribution in [2.45, 2.75) is 18.9 Å². The molecule has 0 radical (unpaired) electrons. The van der Waals surface area contributed by atoms with Crippen molar-refractivity contribution in [2.75, 3.05) is 31.6 Å². The lowest BCUT2D eigenvalue weighted by molar-refractivity contribution is 0.0621. The van der Waals surface area contributed by atoms with Crippen LogP contribution in [0.2, 0.25) is 0 Å². The largest absolute Gasteiger partial charge is 0.335 e. The highest BCUT2D eigenvalue weighted by molar-refractivity contribution is 5.93. The zero-order valence-electron chi connectivity index (χ0n) is 10.9. The van der Waals surface area contributed by atoms with Gasteiger partial charge in [-0.05, 0) is 25.0 Å². The lowest BCUT2D eigenvalue weighted by Crippen LogP contribution is -2.49. The van der Waals surface area contributed by atoms with E-state index in [0.29, 0.717) is 11.4 Å². The van der Waals surface area contributed by atoms with Gasteiger partial charge >= 0.3 is 0 Å². The third-order valence-electron chi connectivity index (χ3n) is 3.81. The number of hydrogen-bond donors (Lipinski definition) is 2. The van der Waals surface area contributed by atoms with Crippen molar-refractivity contribution in [2.24, 2.45) is 5.84 Å². The Morgan fingerprint density at radius 3 is 2.68 bits per heavy atom. The van der Waals surface area contributed by atoms with Crippen LogP contribution in [0.25, 0.3) is 0 Å². The van der Waals surface area contributed by atoms with E-state index in [1.807, 2.05) is 4.90 Å². The molecule has 0 bridgehead atoms. The topological polar surface area (TPSA) is 74.5 Å². The number of aromatic nitrogens is 1. The normalized spacial score (nSPS) is 20.4. The molecular formula is C13H19N5O. The number of nitrogens with two attached hydrogens (primary N) is 1. The fourth-order valence-electron chi connectivity index (χ4n) is 2.53. The van der Waals surface area contributed by atoms with Gasteiger partial charge < -0.3 is 10.3 Å². The molecule has 1 saturated carbocycles. The minimum atomic E-state index is -0.00690. The summed E-state index contributed by atoms with van der Waals surface area (Å²) in [6.45, 7) is 3.53. The number of piperazine rings is 1. The van der Waals surface area contributed by atoms with Crippen LogP contribution in [0.15, 0.2) is 18.3 Å². The van der Waals surface area contributed by atoms with Crippen molar-refractivity contribution in [3.63, 3.8) is 0 Å². The first kappa shape index (κ1) is 12.4. The molecule has 2 heterocycles. The number of nitrogen functional groups attached to an aromatic ring is 1. The number of carbonyl (C=O) groups is 1. The summed E-state index contributed by atoms with van der Waals surface area (Å²) in [5.74, 6) is 5.34. The Labute approximate surface area is 112 Å². The maximum absolute atomic E-state index is 12.3. The van der Waals surface area contributed by atoms with Gasteiger partial charge in [0.05, 0.1) is 5.69 Å². The number of carbonyl (C=O) groups excluding carboxylic acids is 1. The molecule has 19 heavy (non-hydrogen) atoms. The van der Waals surface area contributed by atoms with E-state index in [4.69, 9.17) is 5.84 Å². The highest BCUT2D eigenvalue weighted by Crippen LogP contribution is 2.27. The maximum atomic E-state index is 12.3. The van der Waals surface area contributed by atoms with Crippen LogP contribution >= 0.6 is 0 Å². The molecule has 0 spiro atoms. The molecule has 2 aliphatic rings. The Balaban J connectivity index is 1.63. The molecule has 1 amide bonds. The highest BCUT2D eigenvalue weighted by atomic mass is 16.2. The van der Waals surface area contributed by atoms with E-state index >= 15 is 0 Å². The molecule has 0 atom stereocenters. The smallest absolute Gasteiger partial charge is 0.272 e. The standard InChI is InChI=1S/C13H19N5O/c14-16-10-3-4-15-12(9-10)13(19)18-7-5-17(6-8-18)11-1-2-11/h3-4,9,11H,1-2,5-8,14H2,(H,15,16). The molecule has 1 saturated heterocycles. The monoisotopic (exact) mass is 261 g/mol. The van der Waals surface area contributed by atoms with Crippen LogP contribution in [0, 0.1) is 0 Å². The van der Waals surface area contributed by atoms with Crippen LogP contribution in [-0.4, -0.2) is 52.9 Å². The van der Waals surface area contributed by atoms with Crippen LogP contribution in [-0.2, 0) is 0 Å². The fraction of sp³-hybridized carbons (Fsp3) is 0.538. The number of hydrazine groups is 1. The number of pyridine rings is 1. The molecule has 0 unspecified atom stereocenters. The van der Waals surface area contributed by atoms with Gasteiger partial charge in [-0.25, -0.2) is 0 Å². The second-order valence-corrected chi connectivity index (χ2v) is 5.13. The maximum Gasteiger partial charge on any atom is 0.272 e. The summed E-state index contributed by atoms with van der Waals surface area (Å²) in [4.78, 5) is 20.8. The van der Waals surface area contributed by atoms with E-state index in [1.165, 1.54) is 12.8 Å². The van der Waals surface area contributed by atoms with E-state index in [1.54, 1.807) is 18.3 Å². The van der Waals surface area contributed by atoms with Crippen LogP contribution in [0.5, 0.6) is 0 Å². The molecule has 1 aromatic heterocycles. The molecule has 2 fully saturated rings. The van der Waals surface area contributed by atoms with Crippen LogP contribution in [0.4, 0.5) is 5.69 Å². The number of nitrogens with one attached hydrogen (secondary N) is 1. The van der Waals surface area contributed by atoms with E-state index < -0.39 is 0 Å². The van der Waals surface area contributed by atoms with Gasteiger partial charge in [0.25, 0.3) is 5.91 Å². The zero-order valence-corrected chi connectivity index (χ0v) is 10.9. The van der Waals surface area contributed by atoms with Gasteiger partial charge in [0.2, 0.25) is 0 Å². The SMILES string of the molecule is NNc1ccnc(C(=O)N2CCN(C3CC3)CC2)c1. The van der Waals surface area contributed by atoms with E-state index in [9.17, 15) is 4.79 Å². The highest BCUT2D eigenvalue weighted by Gasteiger charge is 2.32. The predicted molar refractivity (Wildman–Crippen MR) is 72.5 cm³/mol. The van der Waals surface area contributed by atoms with E-state index in [2.05, 4.69) is 15.3 Å². The Morgan fingerprint density at radius 2 is 2.05 bits per heavy atom. The van der Waals surface area contributed by atoms with Crippen LogP contribution in [0.3, 0.4) is 0 Å². The average Bonchev–Trinajstić information content (AvgIpc) is 3.31. The predicted octanol–water partition coefficient (Wildman–Crippen LogP) is 0.287. The lowest BCUT2D eigenvalue weighted by Gasteiger charge is -2.34. The Bertz CT molecular complexity index is 466. The van der Waals surface area contributed by atoms with Crippen molar-refractivity contribution in [1.82, 2.24) is 14.8 Å². The molecule has 102 valence electrons. The van der Waals surface area contributed by atoms with Gasteiger partial charge in [0.15, 0.2) is 0 Å². The number of amides is 1. The number of rotatable bonds is 3.